The zero-order valence-electron chi connectivity index (χ0n) is 11.8. The van der Waals surface area contributed by atoms with Crippen LogP contribution in [0.25, 0.3) is 0 Å². The molecule has 0 amide bonds. The molecule has 0 bridgehead atoms. The minimum atomic E-state index is 0.743. The summed E-state index contributed by atoms with van der Waals surface area (Å²) in [7, 11) is 0. The van der Waals surface area contributed by atoms with Gasteiger partial charge in [0.15, 0.2) is 0 Å². The minimum absolute atomic E-state index is 0.743. The summed E-state index contributed by atoms with van der Waals surface area (Å²) in [5.41, 5.74) is 2.74. The third kappa shape index (κ3) is 4.43. The van der Waals surface area contributed by atoms with E-state index in [9.17, 15) is 0 Å². The molecule has 1 aromatic rings. The minimum Gasteiger partial charge on any atom is -0.312 e. The number of aryl methyl sites for hydroxylation is 1. The summed E-state index contributed by atoms with van der Waals surface area (Å²) < 4.78 is 0. The number of hydrogen-bond acceptors (Lipinski definition) is 2. The smallest absolute Gasteiger partial charge is 0.0205 e. The van der Waals surface area contributed by atoms with Crippen molar-refractivity contribution in [3.63, 3.8) is 0 Å². The first-order valence-electron chi connectivity index (χ1n) is 7.22. The second-order valence-electron chi connectivity index (χ2n) is 5.73. The molecule has 2 nitrogen and oxygen atoms in total. The summed E-state index contributed by atoms with van der Waals surface area (Å²) in [5, 5.41) is 3.58. The van der Waals surface area contributed by atoms with E-state index >= 15 is 0 Å². The molecule has 0 spiro atoms. The van der Waals surface area contributed by atoms with Gasteiger partial charge in [0.2, 0.25) is 0 Å². The van der Waals surface area contributed by atoms with Gasteiger partial charge in [-0.3, -0.25) is 0 Å². The molecule has 18 heavy (non-hydrogen) atoms. The molecule has 0 saturated carbocycles. The van der Waals surface area contributed by atoms with E-state index in [-0.39, 0.29) is 0 Å². The Morgan fingerprint density at radius 1 is 1.28 bits per heavy atom. The Morgan fingerprint density at radius 3 is 2.78 bits per heavy atom. The lowest BCUT2D eigenvalue weighted by molar-refractivity contribution is 0.282. The van der Waals surface area contributed by atoms with Gasteiger partial charge in [-0.25, -0.2) is 0 Å². The van der Waals surface area contributed by atoms with Crippen LogP contribution in [0, 0.1) is 12.8 Å². The highest BCUT2D eigenvalue weighted by Gasteiger charge is 2.14. The van der Waals surface area contributed by atoms with E-state index in [1.54, 1.807) is 0 Å². The van der Waals surface area contributed by atoms with Gasteiger partial charge in [-0.2, -0.15) is 0 Å². The highest BCUT2D eigenvalue weighted by Crippen LogP contribution is 2.10. The first kappa shape index (κ1) is 13.6. The van der Waals surface area contributed by atoms with Gasteiger partial charge in [-0.15, -0.1) is 0 Å². The van der Waals surface area contributed by atoms with E-state index in [1.165, 1.54) is 43.6 Å². The van der Waals surface area contributed by atoms with E-state index in [4.69, 9.17) is 0 Å². The van der Waals surface area contributed by atoms with Gasteiger partial charge in [-0.1, -0.05) is 36.8 Å². The van der Waals surface area contributed by atoms with Crippen LogP contribution in [-0.2, 0) is 6.54 Å². The van der Waals surface area contributed by atoms with E-state index in [1.807, 2.05) is 0 Å². The van der Waals surface area contributed by atoms with Gasteiger partial charge < -0.3 is 10.2 Å². The molecule has 1 fully saturated rings. The largest absolute Gasteiger partial charge is 0.312 e. The fourth-order valence-electron chi connectivity index (χ4n) is 2.76. The van der Waals surface area contributed by atoms with Crippen LogP contribution in [0.3, 0.4) is 0 Å². The van der Waals surface area contributed by atoms with Crippen LogP contribution in [0.5, 0.6) is 0 Å². The van der Waals surface area contributed by atoms with Gasteiger partial charge in [0, 0.05) is 13.1 Å². The van der Waals surface area contributed by atoms with Crippen molar-refractivity contribution >= 4 is 0 Å². The number of hydrogen-bond donors (Lipinski definition) is 1. The molecule has 1 N–H and O–H groups in total. The molecule has 1 aliphatic rings. The van der Waals surface area contributed by atoms with Crippen molar-refractivity contribution in [2.75, 3.05) is 26.2 Å². The van der Waals surface area contributed by atoms with Crippen LogP contribution in [0.15, 0.2) is 24.3 Å². The van der Waals surface area contributed by atoms with Crippen LogP contribution < -0.4 is 5.32 Å². The Morgan fingerprint density at radius 2 is 2.06 bits per heavy atom. The van der Waals surface area contributed by atoms with E-state index in [0.717, 1.165) is 19.0 Å². The molecule has 1 atom stereocenters. The first-order chi connectivity index (χ1) is 8.74. The Balaban J connectivity index is 1.65. The van der Waals surface area contributed by atoms with Gasteiger partial charge in [0.1, 0.15) is 0 Å². The van der Waals surface area contributed by atoms with E-state index in [2.05, 4.69) is 48.3 Å². The summed E-state index contributed by atoms with van der Waals surface area (Å²) in [5.74, 6) is 0.743. The topological polar surface area (TPSA) is 15.3 Å². The molecule has 1 heterocycles. The number of likely N-dealkylation sites (tertiary alicyclic amines) is 1. The van der Waals surface area contributed by atoms with Gasteiger partial charge in [0.05, 0.1) is 0 Å². The van der Waals surface area contributed by atoms with Crippen molar-refractivity contribution in [3.8, 4) is 0 Å². The molecule has 2 rings (SSSR count). The van der Waals surface area contributed by atoms with Crippen molar-refractivity contribution in [3.05, 3.63) is 35.4 Å². The SMILES string of the molecule is Cc1cccc(CNCC(C)CN2CCCC2)c1. The van der Waals surface area contributed by atoms with Gasteiger partial charge in [0.25, 0.3) is 0 Å². The predicted octanol–water partition coefficient (Wildman–Crippen LogP) is 2.82. The maximum atomic E-state index is 3.58. The molecule has 100 valence electrons. The average molecular weight is 246 g/mol. The number of rotatable bonds is 6. The summed E-state index contributed by atoms with van der Waals surface area (Å²) in [6.07, 6.45) is 2.78. The number of nitrogens with one attached hydrogen (secondary N) is 1. The third-order valence-corrected chi connectivity index (χ3v) is 3.67. The fourth-order valence-corrected chi connectivity index (χ4v) is 2.76. The third-order valence-electron chi connectivity index (χ3n) is 3.67. The first-order valence-corrected chi connectivity index (χ1v) is 7.22. The highest BCUT2D eigenvalue weighted by atomic mass is 15.1. The second-order valence-corrected chi connectivity index (χ2v) is 5.73. The zero-order chi connectivity index (χ0) is 12.8. The van der Waals surface area contributed by atoms with Gasteiger partial charge in [-0.05, 0) is 50.9 Å². The second kappa shape index (κ2) is 6.91. The summed E-state index contributed by atoms with van der Waals surface area (Å²) in [6.45, 7) is 10.5. The average Bonchev–Trinajstić information content (AvgIpc) is 2.82. The monoisotopic (exact) mass is 246 g/mol. The van der Waals surface area contributed by atoms with Crippen LogP contribution in [0.2, 0.25) is 0 Å². The molecule has 2 heteroatoms. The molecule has 1 aliphatic heterocycles. The van der Waals surface area contributed by atoms with E-state index < -0.39 is 0 Å². The van der Waals surface area contributed by atoms with Crippen LogP contribution in [0.1, 0.15) is 30.9 Å². The maximum Gasteiger partial charge on any atom is 0.0205 e. The van der Waals surface area contributed by atoms with Crippen molar-refractivity contribution in [1.82, 2.24) is 10.2 Å². The lowest BCUT2D eigenvalue weighted by atomic mass is 10.1. The predicted molar refractivity (Wildman–Crippen MR) is 77.7 cm³/mol. The number of benzene rings is 1. The Labute approximate surface area is 111 Å². The lowest BCUT2D eigenvalue weighted by Gasteiger charge is -2.20. The van der Waals surface area contributed by atoms with Crippen molar-refractivity contribution in [1.29, 1.82) is 0 Å². The molecule has 0 aromatic heterocycles. The van der Waals surface area contributed by atoms with Crippen LogP contribution in [0.4, 0.5) is 0 Å². The summed E-state index contributed by atoms with van der Waals surface area (Å²) >= 11 is 0. The Hall–Kier alpha value is -0.860. The molecular formula is C16H26N2. The Kier molecular flexibility index (Phi) is 5.21. The van der Waals surface area contributed by atoms with Crippen molar-refractivity contribution < 1.29 is 0 Å². The number of nitrogens with zero attached hydrogens (tertiary/aromatic N) is 1. The molecular weight excluding hydrogens is 220 g/mol. The molecule has 1 unspecified atom stereocenters. The maximum absolute atomic E-state index is 3.58. The van der Waals surface area contributed by atoms with Gasteiger partial charge >= 0.3 is 0 Å². The molecule has 0 aliphatic carbocycles. The lowest BCUT2D eigenvalue weighted by Crippen LogP contribution is -2.31. The van der Waals surface area contributed by atoms with E-state index in [0.29, 0.717) is 0 Å². The summed E-state index contributed by atoms with van der Waals surface area (Å²) in [4.78, 5) is 2.60. The van der Waals surface area contributed by atoms with Crippen molar-refractivity contribution in [2.45, 2.75) is 33.2 Å². The zero-order valence-corrected chi connectivity index (χ0v) is 11.8. The van der Waals surface area contributed by atoms with Crippen LogP contribution in [-0.4, -0.2) is 31.1 Å². The normalized spacial score (nSPS) is 18.1. The Bertz CT molecular complexity index is 356. The van der Waals surface area contributed by atoms with Crippen LogP contribution >= 0.6 is 0 Å². The summed E-state index contributed by atoms with van der Waals surface area (Å²) in [6, 6.07) is 8.75. The standard InChI is InChI=1S/C16H26N2/c1-14-6-5-7-16(10-14)12-17-11-15(2)13-18-8-3-4-9-18/h5-7,10,15,17H,3-4,8-9,11-13H2,1-2H3. The molecule has 1 aromatic carbocycles. The highest BCUT2D eigenvalue weighted by molar-refractivity contribution is 5.21. The molecule has 1 saturated heterocycles. The fraction of sp³-hybridized carbons (Fsp3) is 0.625. The quantitative estimate of drug-likeness (QED) is 0.830. The molecule has 0 radical (unpaired) electrons. The van der Waals surface area contributed by atoms with Crippen molar-refractivity contribution in [2.24, 2.45) is 5.92 Å².